The molecule has 3 fully saturated rings. The molecule has 0 radical (unpaired) electrons. The fraction of sp³-hybridized carbons (Fsp3) is 0.867. The van der Waals surface area contributed by atoms with Crippen LogP contribution in [-0.4, -0.2) is 28.6 Å². The maximum Gasteiger partial charge on any atom is 0.306 e. The Morgan fingerprint density at radius 2 is 2.05 bits per heavy atom. The minimum Gasteiger partial charge on any atom is -0.460 e. The second-order valence-corrected chi connectivity index (χ2v) is 7.14. The smallest absolute Gasteiger partial charge is 0.306 e. The third kappa shape index (κ3) is 1.83. The maximum absolute atomic E-state index is 12.2. The molecule has 0 amide bonds. The Bertz CT molecular complexity index is 436. The maximum atomic E-state index is 12.2. The van der Waals surface area contributed by atoms with Crippen molar-refractivity contribution in [2.24, 2.45) is 5.92 Å². The van der Waals surface area contributed by atoms with Gasteiger partial charge in [-0.15, -0.1) is 0 Å². The normalized spacial score (nSPS) is 40.6. The monoisotopic (exact) mass is 266 g/mol. The van der Waals surface area contributed by atoms with Crippen LogP contribution in [0.15, 0.2) is 0 Å². The number of hydrogen-bond acceptors (Lipinski definition) is 4. The fourth-order valence-electron chi connectivity index (χ4n) is 3.99. The molecule has 0 bridgehead atoms. The van der Waals surface area contributed by atoms with Gasteiger partial charge in [-0.05, 0) is 40.0 Å². The predicted octanol–water partition coefficient (Wildman–Crippen LogP) is 2.39. The number of ether oxygens (including phenoxy) is 2. The number of hydrogen-bond donors (Lipinski definition) is 0. The molecule has 4 nitrogen and oxygen atoms in total. The summed E-state index contributed by atoms with van der Waals surface area (Å²) in [5.74, 6) is 0.0208. The lowest BCUT2D eigenvalue weighted by Gasteiger charge is -2.24. The first-order valence-electron chi connectivity index (χ1n) is 7.24. The van der Waals surface area contributed by atoms with Gasteiger partial charge in [0, 0.05) is 12.3 Å². The van der Waals surface area contributed by atoms with Crippen molar-refractivity contribution in [1.29, 1.82) is 0 Å². The van der Waals surface area contributed by atoms with Gasteiger partial charge in [0.25, 0.3) is 0 Å². The molecule has 0 aromatic rings. The van der Waals surface area contributed by atoms with Gasteiger partial charge in [-0.25, -0.2) is 0 Å². The van der Waals surface area contributed by atoms with Crippen LogP contribution in [0, 0.1) is 5.92 Å². The van der Waals surface area contributed by atoms with Gasteiger partial charge in [0.05, 0.1) is 6.42 Å². The van der Waals surface area contributed by atoms with Crippen LogP contribution in [0.2, 0.25) is 0 Å². The van der Waals surface area contributed by atoms with Crippen LogP contribution in [0.5, 0.6) is 0 Å². The van der Waals surface area contributed by atoms with E-state index in [9.17, 15) is 9.59 Å². The molecule has 0 spiro atoms. The van der Waals surface area contributed by atoms with E-state index >= 15 is 0 Å². The third-order valence-electron chi connectivity index (χ3n) is 4.70. The zero-order chi connectivity index (χ0) is 13.9. The lowest BCUT2D eigenvalue weighted by Crippen LogP contribution is -2.34. The summed E-state index contributed by atoms with van der Waals surface area (Å²) in [4.78, 5) is 24.1. The Labute approximate surface area is 113 Å². The summed E-state index contributed by atoms with van der Waals surface area (Å²) >= 11 is 0. The Balaban J connectivity index is 1.70. The van der Waals surface area contributed by atoms with Crippen LogP contribution in [0.25, 0.3) is 0 Å². The highest BCUT2D eigenvalue weighted by atomic mass is 16.6. The molecule has 106 valence electrons. The Hall–Kier alpha value is -0.900. The molecule has 3 rings (SSSR count). The summed E-state index contributed by atoms with van der Waals surface area (Å²) < 4.78 is 11.3. The number of esters is 1. The molecule has 3 aliphatic rings. The number of ketones is 1. The highest BCUT2D eigenvalue weighted by molar-refractivity contribution is 5.96. The van der Waals surface area contributed by atoms with E-state index in [4.69, 9.17) is 9.47 Å². The van der Waals surface area contributed by atoms with Crippen molar-refractivity contribution in [3.8, 4) is 0 Å². The minimum absolute atomic E-state index is 0.0233. The summed E-state index contributed by atoms with van der Waals surface area (Å²) in [5.41, 5.74) is -1.30. The molecule has 19 heavy (non-hydrogen) atoms. The van der Waals surface area contributed by atoms with Crippen molar-refractivity contribution in [1.82, 2.24) is 0 Å². The quantitative estimate of drug-likeness (QED) is 0.569. The SMILES string of the molecule is CC(C)(C)OC(=O)C[C@H]1CC(=O)[C@@]23CCCC[C@@]12O3. The van der Waals surface area contributed by atoms with E-state index in [0.29, 0.717) is 12.8 Å². The van der Waals surface area contributed by atoms with Crippen molar-refractivity contribution in [2.45, 2.75) is 76.1 Å². The number of carbonyl (C=O) groups excluding carboxylic acids is 2. The molecule has 1 heterocycles. The van der Waals surface area contributed by atoms with Crippen molar-refractivity contribution in [3.63, 3.8) is 0 Å². The van der Waals surface area contributed by atoms with Crippen molar-refractivity contribution < 1.29 is 19.1 Å². The first-order valence-corrected chi connectivity index (χ1v) is 7.24. The highest BCUT2D eigenvalue weighted by Crippen LogP contribution is 2.68. The van der Waals surface area contributed by atoms with E-state index in [1.807, 2.05) is 20.8 Å². The van der Waals surface area contributed by atoms with Crippen molar-refractivity contribution in [2.75, 3.05) is 0 Å². The van der Waals surface area contributed by atoms with Gasteiger partial charge in [0.2, 0.25) is 0 Å². The van der Waals surface area contributed by atoms with Crippen molar-refractivity contribution in [3.05, 3.63) is 0 Å². The molecular formula is C15H22O4. The molecule has 2 aliphatic carbocycles. The molecular weight excluding hydrogens is 244 g/mol. The van der Waals surface area contributed by atoms with Gasteiger partial charge < -0.3 is 9.47 Å². The molecule has 0 N–H and O–H groups in total. The number of rotatable bonds is 2. The molecule has 1 aliphatic heterocycles. The van der Waals surface area contributed by atoms with Crippen molar-refractivity contribution >= 4 is 11.8 Å². The summed E-state index contributed by atoms with van der Waals surface area (Å²) in [6, 6.07) is 0. The van der Waals surface area contributed by atoms with Crippen LogP contribution in [0.1, 0.15) is 59.3 Å². The standard InChI is InChI=1S/C15H22O4/c1-13(2,3)18-12(17)9-10-8-11(16)15-7-5-4-6-14(10,15)19-15/h10H,4-9H2,1-3H3/t10-,14-,15+/m1/s1. The van der Waals surface area contributed by atoms with Crippen LogP contribution in [-0.2, 0) is 19.1 Å². The second-order valence-electron chi connectivity index (χ2n) is 7.14. The van der Waals surface area contributed by atoms with Gasteiger partial charge in [0.1, 0.15) is 11.2 Å². The lowest BCUT2D eigenvalue weighted by atomic mass is 9.77. The van der Waals surface area contributed by atoms with Crippen LogP contribution in [0.3, 0.4) is 0 Å². The minimum atomic E-state index is -0.516. The molecule has 0 unspecified atom stereocenters. The van der Waals surface area contributed by atoms with Crippen LogP contribution in [0.4, 0.5) is 0 Å². The van der Waals surface area contributed by atoms with Gasteiger partial charge in [-0.1, -0.05) is 6.42 Å². The second kappa shape index (κ2) is 3.81. The van der Waals surface area contributed by atoms with E-state index < -0.39 is 11.2 Å². The van der Waals surface area contributed by atoms with E-state index in [1.165, 1.54) is 0 Å². The first-order chi connectivity index (χ1) is 8.79. The molecule has 3 atom stereocenters. The van der Waals surface area contributed by atoms with E-state index in [1.54, 1.807) is 0 Å². The van der Waals surface area contributed by atoms with Gasteiger partial charge in [0.15, 0.2) is 11.4 Å². The summed E-state index contributed by atoms with van der Waals surface area (Å²) in [6.45, 7) is 5.59. The molecule has 0 aromatic heterocycles. The van der Waals surface area contributed by atoms with E-state index in [2.05, 4.69) is 0 Å². The van der Waals surface area contributed by atoms with Gasteiger partial charge >= 0.3 is 5.97 Å². The van der Waals surface area contributed by atoms with Gasteiger partial charge in [-0.2, -0.15) is 0 Å². The Morgan fingerprint density at radius 1 is 1.37 bits per heavy atom. The molecule has 0 aromatic carbocycles. The Kier molecular flexibility index (Phi) is 2.63. The lowest BCUT2D eigenvalue weighted by molar-refractivity contribution is -0.156. The predicted molar refractivity (Wildman–Crippen MR) is 68.6 cm³/mol. The number of carbonyl (C=O) groups is 2. The third-order valence-corrected chi connectivity index (χ3v) is 4.70. The summed E-state index contributed by atoms with van der Waals surface area (Å²) in [7, 11) is 0. The highest BCUT2D eigenvalue weighted by Gasteiger charge is 2.81. The topological polar surface area (TPSA) is 55.9 Å². The average molecular weight is 266 g/mol. The summed E-state index contributed by atoms with van der Waals surface area (Å²) in [5, 5.41) is 0. The fourth-order valence-corrected chi connectivity index (χ4v) is 3.99. The largest absolute Gasteiger partial charge is 0.460 e. The Morgan fingerprint density at radius 3 is 2.74 bits per heavy atom. The number of epoxide rings is 1. The zero-order valence-corrected chi connectivity index (χ0v) is 12.0. The first kappa shape index (κ1) is 13.1. The molecule has 1 saturated heterocycles. The van der Waals surface area contributed by atoms with E-state index in [0.717, 1.165) is 25.7 Å². The average Bonchev–Trinajstić information content (AvgIpc) is 2.91. The molecule has 4 heteroatoms. The summed E-state index contributed by atoms with van der Waals surface area (Å²) in [6.07, 6.45) is 4.72. The van der Waals surface area contributed by atoms with Crippen LogP contribution < -0.4 is 0 Å². The zero-order valence-electron chi connectivity index (χ0n) is 12.0. The van der Waals surface area contributed by atoms with Crippen LogP contribution >= 0.6 is 0 Å². The van der Waals surface area contributed by atoms with Gasteiger partial charge in [-0.3, -0.25) is 9.59 Å². The van der Waals surface area contributed by atoms with E-state index in [-0.39, 0.29) is 23.3 Å². The number of Topliss-reactive ketones (excluding diaryl/α,β-unsaturated/α-hetero) is 1. The molecule has 2 saturated carbocycles.